The molecule has 0 aliphatic carbocycles. The van der Waals surface area contributed by atoms with Crippen LogP contribution in [-0.4, -0.2) is 78.8 Å². The summed E-state index contributed by atoms with van der Waals surface area (Å²) in [7, 11) is 1.65. The van der Waals surface area contributed by atoms with E-state index in [1.807, 2.05) is 51.1 Å². The number of amides is 4. The van der Waals surface area contributed by atoms with E-state index in [1.165, 1.54) is 0 Å². The molecule has 0 aromatic heterocycles. The molecular formula is C25H43N5O4. The Morgan fingerprint density at radius 1 is 1.03 bits per heavy atom. The van der Waals surface area contributed by atoms with Gasteiger partial charge in [0.25, 0.3) is 0 Å². The predicted molar refractivity (Wildman–Crippen MR) is 134 cm³/mol. The minimum absolute atomic E-state index is 0.0680. The molecule has 0 heterocycles. The first-order valence-electron chi connectivity index (χ1n) is 11.9. The van der Waals surface area contributed by atoms with Crippen molar-refractivity contribution >= 4 is 17.8 Å². The summed E-state index contributed by atoms with van der Waals surface area (Å²) in [6.07, 6.45) is 0.171. The number of benzene rings is 1. The topological polar surface area (TPSA) is 123 Å². The van der Waals surface area contributed by atoms with Gasteiger partial charge in [-0.05, 0) is 52.1 Å². The number of rotatable bonds is 13. The van der Waals surface area contributed by atoms with Crippen molar-refractivity contribution in [3.63, 3.8) is 0 Å². The number of likely N-dealkylation sites (N-methyl/N-ethyl adjacent to an activating group) is 1. The molecule has 2 atom stereocenters. The Kier molecular flexibility index (Phi) is 12.6. The highest BCUT2D eigenvalue weighted by molar-refractivity contribution is 5.85. The second-order valence-corrected chi connectivity index (χ2v) is 10.0. The van der Waals surface area contributed by atoms with Crippen LogP contribution in [0.15, 0.2) is 30.3 Å². The van der Waals surface area contributed by atoms with Gasteiger partial charge in [0.2, 0.25) is 11.8 Å². The van der Waals surface area contributed by atoms with Crippen LogP contribution in [0.4, 0.5) is 4.79 Å². The van der Waals surface area contributed by atoms with Crippen molar-refractivity contribution in [2.75, 3.05) is 33.2 Å². The van der Waals surface area contributed by atoms with Crippen molar-refractivity contribution in [2.24, 2.45) is 5.92 Å². The van der Waals surface area contributed by atoms with E-state index in [0.717, 1.165) is 12.0 Å². The van der Waals surface area contributed by atoms with Gasteiger partial charge in [0.15, 0.2) is 0 Å². The summed E-state index contributed by atoms with van der Waals surface area (Å²) in [5.41, 5.74) is 0.528. The minimum Gasteiger partial charge on any atom is -0.389 e. The van der Waals surface area contributed by atoms with Crippen molar-refractivity contribution in [3.05, 3.63) is 35.9 Å². The zero-order chi connectivity index (χ0) is 25.7. The van der Waals surface area contributed by atoms with E-state index >= 15 is 0 Å². The van der Waals surface area contributed by atoms with Gasteiger partial charge in [-0.3, -0.25) is 9.59 Å². The molecule has 1 rings (SSSR count). The molecule has 9 nitrogen and oxygen atoms in total. The summed E-state index contributed by atoms with van der Waals surface area (Å²) in [5, 5.41) is 22.2. The molecule has 4 amide bonds. The van der Waals surface area contributed by atoms with E-state index in [4.69, 9.17) is 0 Å². The highest BCUT2D eigenvalue weighted by Crippen LogP contribution is 2.11. The first-order chi connectivity index (χ1) is 15.9. The predicted octanol–water partition coefficient (Wildman–Crippen LogP) is 1.27. The van der Waals surface area contributed by atoms with Crippen molar-refractivity contribution in [3.8, 4) is 0 Å². The number of aliphatic hydroxyl groups is 1. The Labute approximate surface area is 204 Å². The van der Waals surface area contributed by atoms with Crippen molar-refractivity contribution in [1.82, 2.24) is 26.2 Å². The van der Waals surface area contributed by atoms with Crippen LogP contribution in [0.1, 0.15) is 46.6 Å². The van der Waals surface area contributed by atoms with Crippen molar-refractivity contribution < 1.29 is 19.5 Å². The molecule has 0 saturated carbocycles. The molecule has 1 aromatic carbocycles. The fourth-order valence-electron chi connectivity index (χ4n) is 3.25. The summed E-state index contributed by atoms with van der Waals surface area (Å²) in [5.74, 6) is -0.308. The normalized spacial score (nSPS) is 13.2. The van der Waals surface area contributed by atoms with Crippen LogP contribution >= 0.6 is 0 Å². The standard InChI is InChI=1S/C25H43N5O4/c1-18(2)12-13-30(24(34)29-25(3,4)5)17-21(31)20(14-19-10-8-7-9-11-19)28-23(33)16-27-22(32)15-26-6/h7-11,18,20-21,26,31H,12-17H2,1-6H3,(H,27,32)(H,28,33)(H,29,34)/t20-,21+/m0/s1. The Morgan fingerprint density at radius 3 is 2.24 bits per heavy atom. The zero-order valence-corrected chi connectivity index (χ0v) is 21.5. The first kappa shape index (κ1) is 29.4. The summed E-state index contributed by atoms with van der Waals surface area (Å²) in [6.45, 7) is 10.3. The molecule has 0 bridgehead atoms. The van der Waals surface area contributed by atoms with E-state index in [2.05, 4.69) is 35.1 Å². The van der Waals surface area contributed by atoms with Gasteiger partial charge in [0, 0.05) is 12.1 Å². The molecule has 34 heavy (non-hydrogen) atoms. The number of hydrogen-bond donors (Lipinski definition) is 5. The second-order valence-electron chi connectivity index (χ2n) is 10.0. The van der Waals surface area contributed by atoms with Crippen molar-refractivity contribution in [1.29, 1.82) is 0 Å². The van der Waals surface area contributed by atoms with E-state index in [9.17, 15) is 19.5 Å². The molecule has 0 unspecified atom stereocenters. The maximum Gasteiger partial charge on any atom is 0.317 e. The number of carbonyl (C=O) groups excluding carboxylic acids is 3. The average molecular weight is 478 g/mol. The quantitative estimate of drug-likeness (QED) is 0.293. The summed E-state index contributed by atoms with van der Waals surface area (Å²) >= 11 is 0. The SMILES string of the molecule is CNCC(=O)NCC(=O)N[C@@H](Cc1ccccc1)[C@H](O)CN(CCC(C)C)C(=O)NC(C)(C)C. The Hall–Kier alpha value is -2.65. The highest BCUT2D eigenvalue weighted by atomic mass is 16.3. The van der Waals surface area contributed by atoms with Gasteiger partial charge >= 0.3 is 6.03 Å². The fraction of sp³-hybridized carbons (Fsp3) is 0.640. The molecular weight excluding hydrogens is 434 g/mol. The lowest BCUT2D eigenvalue weighted by molar-refractivity contribution is -0.126. The van der Waals surface area contributed by atoms with Gasteiger partial charge < -0.3 is 31.3 Å². The maximum atomic E-state index is 12.9. The van der Waals surface area contributed by atoms with Crippen LogP contribution in [0.25, 0.3) is 0 Å². The average Bonchev–Trinajstić information content (AvgIpc) is 2.74. The van der Waals surface area contributed by atoms with Gasteiger partial charge in [0.05, 0.1) is 31.8 Å². The number of aliphatic hydroxyl groups excluding tert-OH is 1. The van der Waals surface area contributed by atoms with Crippen molar-refractivity contribution in [2.45, 2.75) is 65.1 Å². The number of carbonyl (C=O) groups is 3. The molecule has 5 N–H and O–H groups in total. The highest BCUT2D eigenvalue weighted by Gasteiger charge is 2.27. The maximum absolute atomic E-state index is 12.9. The largest absolute Gasteiger partial charge is 0.389 e. The Balaban J connectivity index is 2.96. The number of nitrogens with zero attached hydrogens (tertiary/aromatic N) is 1. The minimum atomic E-state index is -1.00. The second kappa shape index (κ2) is 14.6. The lowest BCUT2D eigenvalue weighted by Gasteiger charge is -2.33. The van der Waals surface area contributed by atoms with Crippen LogP contribution in [0, 0.1) is 5.92 Å². The van der Waals surface area contributed by atoms with Crippen LogP contribution < -0.4 is 21.3 Å². The Morgan fingerprint density at radius 2 is 1.68 bits per heavy atom. The molecule has 0 spiro atoms. The molecule has 192 valence electrons. The molecule has 0 radical (unpaired) electrons. The summed E-state index contributed by atoms with van der Waals surface area (Å²) < 4.78 is 0. The van der Waals surface area contributed by atoms with Crippen LogP contribution in [0.3, 0.4) is 0 Å². The molecule has 1 aromatic rings. The van der Waals surface area contributed by atoms with E-state index < -0.39 is 23.6 Å². The Bertz CT molecular complexity index is 764. The molecule has 0 fully saturated rings. The van der Waals surface area contributed by atoms with E-state index in [-0.39, 0.29) is 31.6 Å². The third-order valence-electron chi connectivity index (χ3n) is 5.05. The molecule has 0 aliphatic rings. The van der Waals surface area contributed by atoms with Gasteiger partial charge in [-0.1, -0.05) is 44.2 Å². The molecule has 0 saturated heterocycles. The van der Waals surface area contributed by atoms with E-state index in [1.54, 1.807) is 11.9 Å². The van der Waals surface area contributed by atoms with Crippen LogP contribution in [-0.2, 0) is 16.0 Å². The number of hydrogen-bond acceptors (Lipinski definition) is 5. The number of nitrogens with one attached hydrogen (secondary N) is 4. The number of urea groups is 1. The summed E-state index contributed by atoms with van der Waals surface area (Å²) in [4.78, 5) is 38.7. The first-order valence-corrected chi connectivity index (χ1v) is 11.9. The monoisotopic (exact) mass is 477 g/mol. The van der Waals surface area contributed by atoms with Gasteiger partial charge in [0.1, 0.15) is 0 Å². The zero-order valence-electron chi connectivity index (χ0n) is 21.5. The molecule has 0 aliphatic heterocycles. The lowest BCUT2D eigenvalue weighted by Crippen LogP contribution is -2.55. The van der Waals surface area contributed by atoms with Gasteiger partial charge in [-0.15, -0.1) is 0 Å². The van der Waals surface area contributed by atoms with Crippen LogP contribution in [0.5, 0.6) is 0 Å². The van der Waals surface area contributed by atoms with E-state index in [0.29, 0.717) is 18.9 Å². The van der Waals surface area contributed by atoms with Gasteiger partial charge in [-0.25, -0.2) is 4.79 Å². The van der Waals surface area contributed by atoms with Gasteiger partial charge in [-0.2, -0.15) is 0 Å². The lowest BCUT2D eigenvalue weighted by atomic mass is 10.00. The fourth-order valence-corrected chi connectivity index (χ4v) is 3.25. The third-order valence-corrected chi connectivity index (χ3v) is 5.05. The van der Waals surface area contributed by atoms with Crippen LogP contribution in [0.2, 0.25) is 0 Å². The molecule has 9 heteroatoms. The summed E-state index contributed by atoms with van der Waals surface area (Å²) in [6, 6.07) is 8.63. The third kappa shape index (κ3) is 12.6. The smallest absolute Gasteiger partial charge is 0.317 e.